The van der Waals surface area contributed by atoms with Crippen LogP contribution in [0.3, 0.4) is 0 Å². The third-order valence-electron chi connectivity index (χ3n) is 2.89. The highest BCUT2D eigenvalue weighted by Crippen LogP contribution is 2.25. The molecule has 2 rings (SSSR count). The maximum atomic E-state index is 8.73. The normalized spacial score (nSPS) is 9.90. The lowest BCUT2D eigenvalue weighted by Crippen LogP contribution is -2.19. The molecule has 0 radical (unpaired) electrons. The van der Waals surface area contributed by atoms with Crippen molar-refractivity contribution in [3.05, 3.63) is 41.1 Å². The molecule has 0 aliphatic carbocycles. The average molecular weight is 332 g/mol. The van der Waals surface area contributed by atoms with E-state index in [0.717, 1.165) is 21.8 Å². The van der Waals surface area contributed by atoms with E-state index in [9.17, 15) is 0 Å². The Kier molecular flexibility index (Phi) is 4.53. The summed E-state index contributed by atoms with van der Waals surface area (Å²) in [5.74, 6) is 1.50. The maximum Gasteiger partial charge on any atom is 0.138 e. The van der Waals surface area contributed by atoms with Gasteiger partial charge in [-0.3, -0.25) is 0 Å². The second-order valence-corrected chi connectivity index (χ2v) is 5.20. The highest BCUT2D eigenvalue weighted by molar-refractivity contribution is 9.10. The van der Waals surface area contributed by atoms with Gasteiger partial charge in [0.2, 0.25) is 0 Å². The zero-order valence-corrected chi connectivity index (χ0v) is 12.9. The smallest absolute Gasteiger partial charge is 0.138 e. The quantitative estimate of drug-likeness (QED) is 0.806. The fraction of sp³-hybridized carbons (Fsp3) is 0.214. The summed E-state index contributed by atoms with van der Waals surface area (Å²) in [5.41, 5.74) is 1.03. The first-order valence-corrected chi connectivity index (χ1v) is 6.80. The molecule has 5 nitrogen and oxygen atoms in total. The lowest BCUT2D eigenvalue weighted by molar-refractivity contribution is 0.970. The van der Waals surface area contributed by atoms with Gasteiger partial charge in [0.1, 0.15) is 24.5 Å². The van der Waals surface area contributed by atoms with E-state index in [1.54, 1.807) is 4.90 Å². The molecule has 1 aromatic carbocycles. The minimum absolute atomic E-state index is 0.290. The Hall–Kier alpha value is -2.13. The Bertz CT molecular complexity index is 620. The maximum absolute atomic E-state index is 8.73. The molecule has 0 fully saturated rings. The van der Waals surface area contributed by atoms with Gasteiger partial charge in [0.25, 0.3) is 0 Å². The molecule has 0 saturated carbocycles. The van der Waals surface area contributed by atoms with E-state index < -0.39 is 0 Å². The van der Waals surface area contributed by atoms with Crippen LogP contribution < -0.4 is 9.80 Å². The summed E-state index contributed by atoms with van der Waals surface area (Å²) >= 11 is 3.42. The molecule has 0 aliphatic heterocycles. The van der Waals surface area contributed by atoms with Crippen LogP contribution >= 0.6 is 15.9 Å². The number of aromatic nitrogens is 2. The number of halogens is 1. The molecule has 0 N–H and O–H groups in total. The molecule has 102 valence electrons. The number of nitrogens with zero attached hydrogens (tertiary/aromatic N) is 5. The number of rotatable bonds is 4. The average Bonchev–Trinajstić information content (AvgIpc) is 2.48. The minimum Gasteiger partial charge on any atom is -0.346 e. The monoisotopic (exact) mass is 331 g/mol. The molecule has 0 bridgehead atoms. The van der Waals surface area contributed by atoms with Crippen LogP contribution in [0.5, 0.6) is 0 Å². The molecule has 20 heavy (non-hydrogen) atoms. The van der Waals surface area contributed by atoms with E-state index in [-0.39, 0.29) is 0 Å². The van der Waals surface area contributed by atoms with Gasteiger partial charge in [-0.15, -0.1) is 0 Å². The van der Waals surface area contributed by atoms with Crippen molar-refractivity contribution < 1.29 is 0 Å². The number of anilines is 3. The molecule has 6 heteroatoms. The van der Waals surface area contributed by atoms with Gasteiger partial charge in [-0.25, -0.2) is 9.97 Å². The van der Waals surface area contributed by atoms with Crippen molar-refractivity contribution in [3.63, 3.8) is 0 Å². The van der Waals surface area contributed by atoms with E-state index in [0.29, 0.717) is 6.54 Å². The van der Waals surface area contributed by atoms with Crippen LogP contribution in [0.25, 0.3) is 0 Å². The first-order valence-electron chi connectivity index (χ1n) is 6.01. The molecule has 0 saturated heterocycles. The minimum atomic E-state index is 0.290. The summed E-state index contributed by atoms with van der Waals surface area (Å²) < 4.78 is 1.03. The summed E-state index contributed by atoms with van der Waals surface area (Å²) in [5, 5.41) is 8.73. The molecule has 0 unspecified atom stereocenters. The lowest BCUT2D eigenvalue weighted by Gasteiger charge is -2.20. The first-order chi connectivity index (χ1) is 9.61. The van der Waals surface area contributed by atoms with Gasteiger partial charge in [0.05, 0.1) is 6.07 Å². The lowest BCUT2D eigenvalue weighted by atomic mass is 10.3. The Morgan fingerprint density at radius 2 is 1.80 bits per heavy atom. The van der Waals surface area contributed by atoms with Crippen molar-refractivity contribution >= 4 is 33.3 Å². The Labute approximate surface area is 126 Å². The van der Waals surface area contributed by atoms with Crippen LogP contribution in [0.1, 0.15) is 0 Å². The fourth-order valence-electron chi connectivity index (χ4n) is 1.71. The van der Waals surface area contributed by atoms with Crippen molar-refractivity contribution in [1.82, 2.24) is 9.97 Å². The summed E-state index contributed by atoms with van der Waals surface area (Å²) in [6.07, 6.45) is 1.51. The Morgan fingerprint density at radius 1 is 1.15 bits per heavy atom. The largest absolute Gasteiger partial charge is 0.346 e. The second kappa shape index (κ2) is 6.35. The number of nitriles is 1. The van der Waals surface area contributed by atoms with Crippen molar-refractivity contribution in [2.45, 2.75) is 0 Å². The summed E-state index contributed by atoms with van der Waals surface area (Å²) in [6.45, 7) is 0.290. The summed E-state index contributed by atoms with van der Waals surface area (Å²) in [7, 11) is 3.77. The highest BCUT2D eigenvalue weighted by Gasteiger charge is 2.09. The Morgan fingerprint density at radius 3 is 2.45 bits per heavy atom. The van der Waals surface area contributed by atoms with E-state index in [4.69, 9.17) is 5.26 Å². The molecule has 1 heterocycles. The molecular formula is C14H14BrN5. The van der Waals surface area contributed by atoms with Gasteiger partial charge < -0.3 is 9.80 Å². The van der Waals surface area contributed by atoms with Crippen molar-refractivity contribution in [3.8, 4) is 6.07 Å². The van der Waals surface area contributed by atoms with Crippen LogP contribution in [0.15, 0.2) is 41.1 Å². The van der Waals surface area contributed by atoms with Crippen molar-refractivity contribution in [2.75, 3.05) is 30.4 Å². The van der Waals surface area contributed by atoms with Gasteiger partial charge in [-0.1, -0.05) is 15.9 Å². The number of hydrogen-bond donors (Lipinski definition) is 0. The molecule has 0 aliphatic rings. The standard InChI is InChI=1S/C14H14BrN5/c1-19(8-7-16)13-9-14(18-10-17-13)20(2)12-5-3-11(15)4-6-12/h3-6,9-10H,8H2,1-2H3. The van der Waals surface area contributed by atoms with Crippen LogP contribution in [0.4, 0.5) is 17.3 Å². The van der Waals surface area contributed by atoms with Gasteiger partial charge >= 0.3 is 0 Å². The third-order valence-corrected chi connectivity index (χ3v) is 3.42. The van der Waals surface area contributed by atoms with Crippen LogP contribution in [-0.2, 0) is 0 Å². The third kappa shape index (κ3) is 3.25. The number of hydrogen-bond acceptors (Lipinski definition) is 5. The van der Waals surface area contributed by atoms with E-state index in [1.165, 1.54) is 6.33 Å². The fourth-order valence-corrected chi connectivity index (χ4v) is 1.98. The number of benzene rings is 1. The van der Waals surface area contributed by atoms with E-state index >= 15 is 0 Å². The van der Waals surface area contributed by atoms with Crippen LogP contribution in [-0.4, -0.2) is 30.6 Å². The van der Waals surface area contributed by atoms with Crippen LogP contribution in [0, 0.1) is 11.3 Å². The van der Waals surface area contributed by atoms with Gasteiger partial charge in [-0.05, 0) is 24.3 Å². The van der Waals surface area contributed by atoms with Crippen molar-refractivity contribution in [2.24, 2.45) is 0 Å². The van der Waals surface area contributed by atoms with Gasteiger partial charge in [-0.2, -0.15) is 5.26 Å². The summed E-state index contributed by atoms with van der Waals surface area (Å²) in [6, 6.07) is 11.9. The zero-order valence-electron chi connectivity index (χ0n) is 11.3. The van der Waals surface area contributed by atoms with Gasteiger partial charge in [0, 0.05) is 30.3 Å². The molecule has 0 spiro atoms. The SMILES string of the molecule is CN(CC#N)c1cc(N(C)c2ccc(Br)cc2)ncn1. The predicted octanol–water partition coefficient (Wildman–Crippen LogP) is 2.97. The first kappa shape index (κ1) is 14.3. The molecule has 0 amide bonds. The molecule has 0 atom stereocenters. The Balaban J connectivity index is 2.26. The second-order valence-electron chi connectivity index (χ2n) is 4.28. The van der Waals surface area contributed by atoms with E-state index in [1.807, 2.05) is 49.3 Å². The van der Waals surface area contributed by atoms with Crippen LogP contribution in [0.2, 0.25) is 0 Å². The summed E-state index contributed by atoms with van der Waals surface area (Å²) in [4.78, 5) is 12.2. The highest BCUT2D eigenvalue weighted by atomic mass is 79.9. The van der Waals surface area contributed by atoms with Gasteiger partial charge in [0.15, 0.2) is 0 Å². The molecule has 2 aromatic rings. The van der Waals surface area contributed by atoms with Crippen molar-refractivity contribution in [1.29, 1.82) is 5.26 Å². The molecule has 1 aromatic heterocycles. The topological polar surface area (TPSA) is 56.1 Å². The van der Waals surface area contributed by atoms with E-state index in [2.05, 4.69) is 32.0 Å². The molecular weight excluding hydrogens is 318 g/mol. The zero-order chi connectivity index (χ0) is 14.5. The predicted molar refractivity (Wildman–Crippen MR) is 83.1 cm³/mol.